The molecule has 0 spiro atoms. The van der Waals surface area contributed by atoms with Gasteiger partial charge in [0.25, 0.3) is 0 Å². The van der Waals surface area contributed by atoms with Gasteiger partial charge in [0, 0.05) is 6.20 Å². The Morgan fingerprint density at radius 3 is 2.09 bits per heavy atom. The summed E-state index contributed by atoms with van der Waals surface area (Å²) in [5, 5.41) is 21.8. The summed E-state index contributed by atoms with van der Waals surface area (Å²) < 4.78 is 31.8. The van der Waals surface area contributed by atoms with E-state index in [4.69, 9.17) is 13.8 Å². The molecule has 3 rings (SSSR count). The zero-order valence-electron chi connectivity index (χ0n) is 19.4. The molecule has 0 aliphatic rings. The van der Waals surface area contributed by atoms with Crippen molar-refractivity contribution in [2.75, 3.05) is 18.2 Å². The molecule has 0 fully saturated rings. The number of aliphatic hydroxyl groups is 1. The minimum atomic E-state index is -3.73. The summed E-state index contributed by atoms with van der Waals surface area (Å²) in [5.41, 5.74) is 1.04. The molecule has 12 heteroatoms. The molecule has 3 aromatic rings. The first-order valence-electron chi connectivity index (χ1n) is 11.1. The van der Waals surface area contributed by atoms with Crippen LogP contribution in [0.1, 0.15) is 11.1 Å². The molecule has 1 aromatic heterocycles. The van der Waals surface area contributed by atoms with Crippen molar-refractivity contribution in [2.24, 2.45) is 0 Å². The molecular weight excluding hydrogens is 472 g/mol. The predicted molar refractivity (Wildman–Crippen MR) is 133 cm³/mol. The van der Waals surface area contributed by atoms with E-state index in [2.05, 4.69) is 10.2 Å². The third kappa shape index (κ3) is 9.06. The van der Waals surface area contributed by atoms with Crippen LogP contribution in [0.15, 0.2) is 77.7 Å². The van der Waals surface area contributed by atoms with Crippen molar-refractivity contribution in [3.8, 4) is 0 Å². The molecule has 0 radical (unpaired) electrons. The minimum absolute atomic E-state index is 0.0331. The van der Waals surface area contributed by atoms with Crippen molar-refractivity contribution in [3.05, 3.63) is 94.5 Å². The Bertz CT molecular complexity index is 1100. The van der Waals surface area contributed by atoms with Crippen molar-refractivity contribution >= 4 is 20.5 Å². The highest BCUT2D eigenvalue weighted by Gasteiger charge is 2.28. The first-order chi connectivity index (χ1) is 16.9. The summed E-state index contributed by atoms with van der Waals surface area (Å²) in [6.07, 6.45) is 0.185. The van der Waals surface area contributed by atoms with E-state index in [0.717, 1.165) is 11.1 Å². The number of aromatic nitrogens is 2. The summed E-state index contributed by atoms with van der Waals surface area (Å²) in [5.74, 6) is 0.218. The van der Waals surface area contributed by atoms with E-state index < -0.39 is 39.4 Å². The monoisotopic (exact) mass is 501 g/mol. The average molecular weight is 501 g/mol. The maximum absolute atomic E-state index is 13.5. The molecule has 1 atom stereocenters. The number of nitrogens with one attached hydrogen (secondary N) is 1. The zero-order valence-corrected chi connectivity index (χ0v) is 20.3. The number of rotatable bonds is 14. The van der Waals surface area contributed by atoms with Crippen LogP contribution in [0.5, 0.6) is 0 Å². The Balaban J connectivity index is 1.65. The molecule has 10 nitrogen and oxygen atoms in total. The number of anilines is 1. The van der Waals surface area contributed by atoms with Crippen LogP contribution in [-0.2, 0) is 38.1 Å². The van der Waals surface area contributed by atoms with Gasteiger partial charge in [0.15, 0.2) is 0 Å². The Morgan fingerprint density at radius 1 is 1.03 bits per heavy atom. The Kier molecular flexibility index (Phi) is 10.2. The fourth-order valence-electron chi connectivity index (χ4n) is 3.05. The van der Waals surface area contributed by atoms with Crippen LogP contribution in [0.25, 0.3) is 0 Å². The van der Waals surface area contributed by atoms with Gasteiger partial charge in [0.2, 0.25) is 0 Å². The van der Waals surface area contributed by atoms with Gasteiger partial charge in [-0.25, -0.2) is 4.79 Å². The lowest BCUT2D eigenvalue weighted by atomic mass is 9.89. The van der Waals surface area contributed by atoms with Crippen molar-refractivity contribution in [1.82, 2.24) is 9.55 Å². The van der Waals surface area contributed by atoms with E-state index in [1.807, 2.05) is 60.7 Å². The van der Waals surface area contributed by atoms with Crippen LogP contribution in [0.4, 0.5) is 5.82 Å². The van der Waals surface area contributed by atoms with Crippen molar-refractivity contribution < 1.29 is 28.5 Å². The molecule has 0 saturated carbocycles. The fraction of sp³-hybridized carbons (Fsp3) is 0.304. The van der Waals surface area contributed by atoms with E-state index in [1.54, 1.807) is 0 Å². The van der Waals surface area contributed by atoms with Gasteiger partial charge in [-0.2, -0.15) is 4.98 Å². The molecule has 35 heavy (non-hydrogen) atoms. The molecule has 186 valence electrons. The number of nitrogens with zero attached hydrogens (tertiary/aromatic N) is 2. The molecule has 0 unspecified atom stereocenters. The minimum Gasteiger partial charge on any atom is -0.433 e. The highest BCUT2D eigenvalue weighted by molar-refractivity contribution is 7.53. The first kappa shape index (κ1) is 26.8. The van der Waals surface area contributed by atoms with Crippen molar-refractivity contribution in [3.63, 3.8) is 0 Å². The van der Waals surface area contributed by atoms with E-state index in [-0.39, 0.29) is 25.6 Å². The largest absolute Gasteiger partial charge is 0.433 e. The summed E-state index contributed by atoms with van der Waals surface area (Å²) in [6.45, 7) is 1.15. The SMILES string of the molecule is CB(O)Nc1ccn(C[C@@H](CO)OCP(=O)(OCc2ccccc2)OCc2ccccc2)c(=O)n1. The smallest absolute Gasteiger partial charge is 0.408 e. The second-order valence-corrected chi connectivity index (χ2v) is 9.79. The zero-order chi connectivity index (χ0) is 25.1. The van der Waals surface area contributed by atoms with Crippen LogP contribution in [0.3, 0.4) is 0 Å². The number of benzene rings is 2. The molecule has 0 amide bonds. The maximum Gasteiger partial charge on any atom is 0.408 e. The topological polar surface area (TPSA) is 132 Å². The molecule has 0 saturated heterocycles. The maximum atomic E-state index is 13.5. The third-order valence-corrected chi connectivity index (χ3v) is 6.35. The summed E-state index contributed by atoms with van der Waals surface area (Å²) in [7, 11) is -4.60. The number of hydrogen-bond donors (Lipinski definition) is 3. The summed E-state index contributed by atoms with van der Waals surface area (Å²) >= 11 is 0. The molecular formula is C23H29BN3O7P. The van der Waals surface area contributed by atoms with Gasteiger partial charge in [0.1, 0.15) is 12.2 Å². The first-order valence-corrected chi connectivity index (χ1v) is 12.8. The normalized spacial score (nSPS) is 12.3. The van der Waals surface area contributed by atoms with Crippen molar-refractivity contribution in [1.29, 1.82) is 0 Å². The lowest BCUT2D eigenvalue weighted by molar-refractivity contribution is 0.0132. The number of ether oxygens (including phenoxy) is 1. The van der Waals surface area contributed by atoms with Crippen LogP contribution in [0.2, 0.25) is 6.82 Å². The number of hydrogen-bond acceptors (Lipinski definition) is 9. The van der Waals surface area contributed by atoms with Gasteiger partial charge < -0.3 is 29.1 Å². The molecule has 0 aliphatic heterocycles. The second-order valence-electron chi connectivity index (χ2n) is 7.80. The van der Waals surface area contributed by atoms with E-state index >= 15 is 0 Å². The van der Waals surface area contributed by atoms with Gasteiger partial charge in [-0.1, -0.05) is 60.7 Å². The third-order valence-electron chi connectivity index (χ3n) is 4.84. The van der Waals surface area contributed by atoms with Crippen LogP contribution in [0, 0.1) is 0 Å². The Labute approximate surface area is 204 Å². The van der Waals surface area contributed by atoms with Crippen LogP contribution in [-0.4, -0.2) is 45.8 Å². The second kappa shape index (κ2) is 13.3. The lowest BCUT2D eigenvalue weighted by Crippen LogP contribution is -2.33. The van der Waals surface area contributed by atoms with Gasteiger partial charge in [0.05, 0.1) is 32.5 Å². The molecule has 3 N–H and O–H groups in total. The van der Waals surface area contributed by atoms with E-state index in [9.17, 15) is 19.5 Å². The summed E-state index contributed by atoms with van der Waals surface area (Å²) in [4.78, 5) is 16.1. The lowest BCUT2D eigenvalue weighted by Gasteiger charge is -2.22. The molecule has 2 aromatic carbocycles. The van der Waals surface area contributed by atoms with Gasteiger partial charge >= 0.3 is 20.3 Å². The molecule has 0 aliphatic carbocycles. The van der Waals surface area contributed by atoms with Gasteiger partial charge in [-0.15, -0.1) is 0 Å². The predicted octanol–water partition coefficient (Wildman–Crippen LogP) is 2.73. The molecule has 0 bridgehead atoms. The fourth-order valence-corrected chi connectivity index (χ4v) is 4.36. The average Bonchev–Trinajstić information content (AvgIpc) is 2.86. The summed E-state index contributed by atoms with van der Waals surface area (Å²) in [6, 6.07) is 20.0. The Morgan fingerprint density at radius 2 is 1.60 bits per heavy atom. The van der Waals surface area contributed by atoms with Gasteiger partial charge in [-0.3, -0.25) is 9.13 Å². The quantitative estimate of drug-likeness (QED) is 0.225. The number of aliphatic hydroxyl groups excluding tert-OH is 1. The highest BCUT2D eigenvalue weighted by atomic mass is 31.2. The standard InChI is InChI=1S/C23H29BN3O7P/c1-24(30)26-22-12-13-27(23(29)25-22)14-21(15-28)32-18-35(31,33-16-19-8-4-2-5-9-19)34-17-20-10-6-3-7-11-20/h2-13,21,28,30H,14-18H2,1H3,(H,25,26,29)/t21-/m0/s1. The highest BCUT2D eigenvalue weighted by Crippen LogP contribution is 2.50. The Hall–Kier alpha value is -2.79. The molecule has 1 heterocycles. The van der Waals surface area contributed by atoms with Crippen LogP contribution >= 0.6 is 7.60 Å². The van der Waals surface area contributed by atoms with Crippen LogP contribution < -0.4 is 10.9 Å². The van der Waals surface area contributed by atoms with E-state index in [0.29, 0.717) is 0 Å². The van der Waals surface area contributed by atoms with Gasteiger partial charge in [-0.05, 0) is 24.0 Å². The van der Waals surface area contributed by atoms with Crippen molar-refractivity contribution in [2.45, 2.75) is 32.7 Å². The van der Waals surface area contributed by atoms with E-state index in [1.165, 1.54) is 23.7 Å².